The molecule has 0 radical (unpaired) electrons. The van der Waals surface area contributed by atoms with Crippen LogP contribution in [-0.2, 0) is 6.54 Å². The summed E-state index contributed by atoms with van der Waals surface area (Å²) in [5.41, 5.74) is 4.11. The van der Waals surface area contributed by atoms with Crippen LogP contribution in [0.3, 0.4) is 0 Å². The van der Waals surface area contributed by atoms with Crippen molar-refractivity contribution in [2.24, 2.45) is 0 Å². The summed E-state index contributed by atoms with van der Waals surface area (Å²) in [5.74, 6) is 0.258. The molecule has 0 saturated carbocycles. The number of pyridine rings is 1. The Morgan fingerprint density at radius 3 is 2.36 bits per heavy atom. The zero-order valence-corrected chi connectivity index (χ0v) is 12.6. The van der Waals surface area contributed by atoms with E-state index in [9.17, 15) is 5.11 Å². The summed E-state index contributed by atoms with van der Waals surface area (Å²) in [6, 6.07) is 16.9. The standard InChI is InChI=1S/C18H15ClN2O/c19-16-5-1-13(2-6-16)10-21-17-9-15(11-20-12-17)14-3-7-18(22)8-4-14/h1-9,11-12,21-22H,10H2. The Hall–Kier alpha value is -2.52. The minimum atomic E-state index is 0.258. The first-order valence-electron chi connectivity index (χ1n) is 6.93. The molecule has 0 atom stereocenters. The second-order valence-electron chi connectivity index (χ2n) is 4.99. The number of nitrogens with one attached hydrogen (secondary N) is 1. The summed E-state index contributed by atoms with van der Waals surface area (Å²) >= 11 is 5.88. The lowest BCUT2D eigenvalue weighted by atomic mass is 10.1. The van der Waals surface area contributed by atoms with Crippen molar-refractivity contribution in [1.82, 2.24) is 4.98 Å². The molecule has 0 spiro atoms. The third-order valence-electron chi connectivity index (χ3n) is 3.35. The Kier molecular flexibility index (Phi) is 4.26. The average Bonchev–Trinajstić information content (AvgIpc) is 2.55. The highest BCUT2D eigenvalue weighted by Crippen LogP contribution is 2.23. The van der Waals surface area contributed by atoms with Crippen molar-refractivity contribution in [2.45, 2.75) is 6.54 Å². The van der Waals surface area contributed by atoms with E-state index in [-0.39, 0.29) is 5.75 Å². The van der Waals surface area contributed by atoms with Gasteiger partial charge in [0.2, 0.25) is 0 Å². The Labute approximate surface area is 134 Å². The third kappa shape index (κ3) is 3.57. The van der Waals surface area contributed by atoms with Crippen LogP contribution >= 0.6 is 11.6 Å². The molecule has 0 aliphatic carbocycles. The van der Waals surface area contributed by atoms with Crippen molar-refractivity contribution < 1.29 is 5.11 Å². The number of hydrogen-bond acceptors (Lipinski definition) is 3. The Balaban J connectivity index is 1.73. The van der Waals surface area contributed by atoms with Crippen LogP contribution in [0.4, 0.5) is 5.69 Å². The van der Waals surface area contributed by atoms with Gasteiger partial charge in [-0.05, 0) is 41.5 Å². The molecule has 0 aliphatic heterocycles. The minimum Gasteiger partial charge on any atom is -0.508 e. The van der Waals surface area contributed by atoms with Gasteiger partial charge < -0.3 is 10.4 Å². The smallest absolute Gasteiger partial charge is 0.115 e. The Morgan fingerprint density at radius 2 is 1.64 bits per heavy atom. The van der Waals surface area contributed by atoms with E-state index in [4.69, 9.17) is 11.6 Å². The van der Waals surface area contributed by atoms with E-state index >= 15 is 0 Å². The molecule has 0 fully saturated rings. The van der Waals surface area contributed by atoms with Gasteiger partial charge in [0.1, 0.15) is 5.75 Å². The maximum absolute atomic E-state index is 9.35. The van der Waals surface area contributed by atoms with Crippen LogP contribution in [0.15, 0.2) is 67.0 Å². The number of benzene rings is 2. The largest absolute Gasteiger partial charge is 0.508 e. The molecule has 22 heavy (non-hydrogen) atoms. The zero-order valence-electron chi connectivity index (χ0n) is 11.8. The number of hydrogen-bond donors (Lipinski definition) is 2. The lowest BCUT2D eigenvalue weighted by molar-refractivity contribution is 0.475. The summed E-state index contributed by atoms with van der Waals surface area (Å²) in [5, 5.41) is 13.4. The third-order valence-corrected chi connectivity index (χ3v) is 3.60. The van der Waals surface area contributed by atoms with Crippen molar-refractivity contribution in [3.05, 3.63) is 77.6 Å². The van der Waals surface area contributed by atoms with Gasteiger partial charge in [0.25, 0.3) is 0 Å². The summed E-state index contributed by atoms with van der Waals surface area (Å²) in [6.45, 7) is 0.706. The molecule has 110 valence electrons. The molecule has 2 N–H and O–H groups in total. The molecule has 0 unspecified atom stereocenters. The number of phenols is 1. The first-order chi connectivity index (χ1) is 10.7. The topological polar surface area (TPSA) is 45.2 Å². The monoisotopic (exact) mass is 310 g/mol. The molecule has 3 nitrogen and oxygen atoms in total. The van der Waals surface area contributed by atoms with E-state index in [2.05, 4.69) is 10.3 Å². The van der Waals surface area contributed by atoms with E-state index in [0.29, 0.717) is 6.54 Å². The Bertz CT molecular complexity index is 755. The highest BCUT2D eigenvalue weighted by atomic mass is 35.5. The number of aromatic nitrogens is 1. The van der Waals surface area contributed by atoms with Crippen LogP contribution in [-0.4, -0.2) is 10.1 Å². The molecule has 0 aliphatic rings. The number of phenolic OH excluding ortho intramolecular Hbond substituents is 1. The predicted octanol–water partition coefficient (Wildman–Crippen LogP) is 4.72. The van der Waals surface area contributed by atoms with Crippen LogP contribution in [0.1, 0.15) is 5.56 Å². The van der Waals surface area contributed by atoms with E-state index in [1.165, 1.54) is 0 Å². The van der Waals surface area contributed by atoms with E-state index in [1.807, 2.05) is 42.5 Å². The molecule has 0 saturated heterocycles. The molecule has 0 bridgehead atoms. The molecule has 3 aromatic rings. The fraction of sp³-hybridized carbons (Fsp3) is 0.0556. The van der Waals surface area contributed by atoms with Gasteiger partial charge in [-0.15, -0.1) is 0 Å². The second-order valence-corrected chi connectivity index (χ2v) is 5.43. The van der Waals surface area contributed by atoms with Crippen molar-refractivity contribution in [3.8, 4) is 16.9 Å². The fourth-order valence-electron chi connectivity index (χ4n) is 2.15. The second kappa shape index (κ2) is 6.50. The predicted molar refractivity (Wildman–Crippen MR) is 90.1 cm³/mol. The highest BCUT2D eigenvalue weighted by molar-refractivity contribution is 6.30. The summed E-state index contributed by atoms with van der Waals surface area (Å²) < 4.78 is 0. The number of halogens is 1. The van der Waals surface area contributed by atoms with E-state index < -0.39 is 0 Å². The van der Waals surface area contributed by atoms with Crippen molar-refractivity contribution in [3.63, 3.8) is 0 Å². The number of nitrogens with zero attached hydrogens (tertiary/aromatic N) is 1. The van der Waals surface area contributed by atoms with Gasteiger partial charge in [-0.2, -0.15) is 0 Å². The summed E-state index contributed by atoms with van der Waals surface area (Å²) in [6.07, 6.45) is 3.60. The molecule has 1 heterocycles. The summed E-state index contributed by atoms with van der Waals surface area (Å²) in [7, 11) is 0. The van der Waals surface area contributed by atoms with Gasteiger partial charge in [0.15, 0.2) is 0 Å². The first-order valence-corrected chi connectivity index (χ1v) is 7.31. The maximum atomic E-state index is 9.35. The maximum Gasteiger partial charge on any atom is 0.115 e. The molecule has 2 aromatic carbocycles. The normalized spacial score (nSPS) is 10.4. The molecule has 1 aromatic heterocycles. The van der Waals surface area contributed by atoms with Crippen LogP contribution in [0.25, 0.3) is 11.1 Å². The van der Waals surface area contributed by atoms with Gasteiger partial charge >= 0.3 is 0 Å². The van der Waals surface area contributed by atoms with Crippen LogP contribution in [0.2, 0.25) is 5.02 Å². The van der Waals surface area contributed by atoms with Crippen LogP contribution in [0.5, 0.6) is 5.75 Å². The number of aromatic hydroxyl groups is 1. The number of anilines is 1. The Morgan fingerprint density at radius 1 is 0.909 bits per heavy atom. The van der Waals surface area contributed by atoms with Gasteiger partial charge in [-0.3, -0.25) is 4.98 Å². The van der Waals surface area contributed by atoms with Gasteiger partial charge in [0.05, 0.1) is 5.69 Å². The van der Waals surface area contributed by atoms with Gasteiger partial charge in [0, 0.05) is 29.5 Å². The van der Waals surface area contributed by atoms with Crippen molar-refractivity contribution in [1.29, 1.82) is 0 Å². The lowest BCUT2D eigenvalue weighted by Gasteiger charge is -2.08. The van der Waals surface area contributed by atoms with E-state index in [0.717, 1.165) is 27.4 Å². The van der Waals surface area contributed by atoms with Gasteiger partial charge in [-0.1, -0.05) is 35.9 Å². The lowest BCUT2D eigenvalue weighted by Crippen LogP contribution is -1.99. The molecular weight excluding hydrogens is 296 g/mol. The quantitative estimate of drug-likeness (QED) is 0.733. The summed E-state index contributed by atoms with van der Waals surface area (Å²) in [4.78, 5) is 4.26. The SMILES string of the molecule is Oc1ccc(-c2cncc(NCc3ccc(Cl)cc3)c2)cc1. The van der Waals surface area contributed by atoms with E-state index in [1.54, 1.807) is 24.5 Å². The fourth-order valence-corrected chi connectivity index (χ4v) is 2.28. The minimum absolute atomic E-state index is 0.258. The van der Waals surface area contributed by atoms with Crippen molar-refractivity contribution in [2.75, 3.05) is 5.32 Å². The molecule has 0 amide bonds. The van der Waals surface area contributed by atoms with Gasteiger partial charge in [-0.25, -0.2) is 0 Å². The molecular formula is C18H15ClN2O. The average molecular weight is 311 g/mol. The first kappa shape index (κ1) is 14.4. The number of rotatable bonds is 4. The molecule has 3 rings (SSSR count). The molecule has 4 heteroatoms. The zero-order chi connectivity index (χ0) is 15.4. The van der Waals surface area contributed by atoms with Crippen LogP contribution < -0.4 is 5.32 Å². The van der Waals surface area contributed by atoms with Crippen LogP contribution in [0, 0.1) is 0 Å². The highest BCUT2D eigenvalue weighted by Gasteiger charge is 2.01. The van der Waals surface area contributed by atoms with Crippen molar-refractivity contribution >= 4 is 17.3 Å².